The number of pyridine rings is 1. The van der Waals surface area contributed by atoms with E-state index in [2.05, 4.69) is 120 Å². The van der Waals surface area contributed by atoms with Crippen LogP contribution in [-0.4, -0.2) is 84.9 Å². The third kappa shape index (κ3) is 6.89. The summed E-state index contributed by atoms with van der Waals surface area (Å²) in [6.07, 6.45) is 4.61. The Morgan fingerprint density at radius 1 is 0.895 bits per heavy atom. The van der Waals surface area contributed by atoms with Crippen LogP contribution in [0.4, 0.5) is 11.5 Å². The van der Waals surface area contributed by atoms with Crippen LogP contribution >= 0.6 is 11.8 Å². The molecule has 7 heteroatoms. The second-order valence-electron chi connectivity index (χ2n) is 10.5. The molecular formula is C31H44N5OS+. The number of methoxy groups -OCH3 is 1. The average Bonchev–Trinajstić information content (AvgIpc) is 3.21. The molecule has 0 radical (unpaired) electrons. The zero-order valence-corrected chi connectivity index (χ0v) is 24.8. The molecule has 1 aromatic heterocycles. The topological polar surface area (TPSA) is 26.1 Å². The minimum absolute atomic E-state index is 0.680. The van der Waals surface area contributed by atoms with Crippen molar-refractivity contribution >= 4 is 40.2 Å². The number of hydrogen-bond acceptors (Lipinski definition) is 6. The molecule has 0 N–H and O–H groups in total. The Bertz CT molecular complexity index is 1230. The van der Waals surface area contributed by atoms with Crippen molar-refractivity contribution in [3.05, 3.63) is 65.2 Å². The van der Waals surface area contributed by atoms with E-state index in [0.29, 0.717) is 6.61 Å². The highest BCUT2D eigenvalue weighted by atomic mass is 32.2. The Balaban J connectivity index is 1.80. The average molecular weight is 535 g/mol. The maximum atomic E-state index is 5.57. The lowest BCUT2D eigenvalue weighted by Gasteiger charge is -2.23. The van der Waals surface area contributed by atoms with E-state index in [1.165, 1.54) is 37.9 Å². The van der Waals surface area contributed by atoms with Gasteiger partial charge in [-0.15, -0.1) is 0 Å². The molecule has 0 saturated carbocycles. The fourth-order valence-electron chi connectivity index (χ4n) is 5.05. The van der Waals surface area contributed by atoms with Crippen LogP contribution in [-0.2, 0) is 11.3 Å². The maximum Gasteiger partial charge on any atom is 0.277 e. The van der Waals surface area contributed by atoms with Crippen LogP contribution < -0.4 is 14.4 Å². The Morgan fingerprint density at radius 2 is 1.55 bits per heavy atom. The molecule has 2 heterocycles. The molecular weight excluding hydrogens is 490 g/mol. The van der Waals surface area contributed by atoms with Gasteiger partial charge in [0.05, 0.1) is 30.4 Å². The number of rotatable bonds is 13. The van der Waals surface area contributed by atoms with Gasteiger partial charge in [-0.3, -0.25) is 4.90 Å². The van der Waals surface area contributed by atoms with E-state index >= 15 is 0 Å². The molecule has 38 heavy (non-hydrogen) atoms. The van der Waals surface area contributed by atoms with Crippen LogP contribution in [0.15, 0.2) is 64.5 Å². The van der Waals surface area contributed by atoms with Crippen molar-refractivity contribution < 1.29 is 9.30 Å². The van der Waals surface area contributed by atoms with Gasteiger partial charge in [-0.2, -0.15) is 0 Å². The molecule has 0 unspecified atom stereocenters. The van der Waals surface area contributed by atoms with E-state index in [9.17, 15) is 0 Å². The number of thioether (sulfide) groups is 1. The minimum atomic E-state index is 0.680. The highest BCUT2D eigenvalue weighted by Gasteiger charge is 2.26. The fourth-order valence-corrected chi connectivity index (χ4v) is 6.15. The third-order valence-corrected chi connectivity index (χ3v) is 8.19. The van der Waals surface area contributed by atoms with E-state index in [0.717, 1.165) is 45.6 Å². The Labute approximate surface area is 233 Å². The molecule has 3 aromatic rings. The predicted molar refractivity (Wildman–Crippen MR) is 163 cm³/mol. The summed E-state index contributed by atoms with van der Waals surface area (Å²) in [5.74, 6) is 1.27. The largest absolute Gasteiger partial charge is 0.381 e. The molecule has 0 aliphatic carbocycles. The Kier molecular flexibility index (Phi) is 10.1. The molecule has 0 saturated heterocycles. The van der Waals surface area contributed by atoms with Gasteiger partial charge in [0.25, 0.3) is 5.82 Å². The fraction of sp³-hybridized carbons (Fsp3) is 0.452. The van der Waals surface area contributed by atoms with Crippen LogP contribution in [0.3, 0.4) is 0 Å². The van der Waals surface area contributed by atoms with Crippen molar-refractivity contribution in [2.45, 2.75) is 24.3 Å². The van der Waals surface area contributed by atoms with E-state index in [1.807, 2.05) is 11.8 Å². The SMILES string of the molecule is COCC[n+]1c(N(CCCN(C)C)CCCN(C)C)cc(C=C2Sc3ccccc3N2C)c2ccccc21. The van der Waals surface area contributed by atoms with Gasteiger partial charge < -0.3 is 19.4 Å². The summed E-state index contributed by atoms with van der Waals surface area (Å²) in [6, 6.07) is 19.9. The number of fused-ring (bicyclic) bond motifs is 2. The summed E-state index contributed by atoms with van der Waals surface area (Å²) in [5, 5.41) is 2.52. The number of ether oxygens (including phenoxy) is 1. The molecule has 0 spiro atoms. The second-order valence-corrected chi connectivity index (χ2v) is 11.6. The summed E-state index contributed by atoms with van der Waals surface area (Å²) in [6.45, 7) is 5.69. The highest BCUT2D eigenvalue weighted by molar-refractivity contribution is 8.03. The lowest BCUT2D eigenvalue weighted by molar-refractivity contribution is -0.660. The summed E-state index contributed by atoms with van der Waals surface area (Å²) in [5.41, 5.74) is 3.78. The molecule has 2 aromatic carbocycles. The Morgan fingerprint density at radius 3 is 2.21 bits per heavy atom. The van der Waals surface area contributed by atoms with Crippen LogP contribution in [0, 0.1) is 0 Å². The summed E-state index contributed by atoms with van der Waals surface area (Å²) in [7, 11) is 12.6. The molecule has 6 nitrogen and oxygen atoms in total. The first-order valence-corrected chi connectivity index (χ1v) is 14.4. The zero-order chi connectivity index (χ0) is 27.1. The monoisotopic (exact) mass is 534 g/mol. The molecule has 0 bridgehead atoms. The maximum absolute atomic E-state index is 5.57. The van der Waals surface area contributed by atoms with Crippen LogP contribution in [0.2, 0.25) is 0 Å². The smallest absolute Gasteiger partial charge is 0.277 e. The van der Waals surface area contributed by atoms with Crippen molar-refractivity contribution in [3.8, 4) is 0 Å². The number of hydrogen-bond donors (Lipinski definition) is 0. The van der Waals surface area contributed by atoms with Crippen LogP contribution in [0.1, 0.15) is 18.4 Å². The van der Waals surface area contributed by atoms with E-state index in [1.54, 1.807) is 7.11 Å². The van der Waals surface area contributed by atoms with E-state index in [4.69, 9.17) is 4.74 Å². The quantitative estimate of drug-likeness (QED) is 0.286. The van der Waals surface area contributed by atoms with Crippen LogP contribution in [0.5, 0.6) is 0 Å². The molecule has 0 fully saturated rings. The van der Waals surface area contributed by atoms with Gasteiger partial charge in [-0.05, 0) is 70.9 Å². The third-order valence-electron chi connectivity index (χ3n) is 7.03. The van der Waals surface area contributed by atoms with Gasteiger partial charge in [0.15, 0.2) is 0 Å². The lowest BCUT2D eigenvalue weighted by atomic mass is 10.1. The standard InChI is InChI=1S/C31H44N5OS/c1-32(2)17-11-19-35(20-12-18-33(3)4)30-23-25(24-31-34(5)28-15-9-10-16-29(28)38-31)26-13-7-8-14-27(26)36(30)21-22-37-6/h7-10,13-16,23-24H,11-12,17-22H2,1-6H3/q+1. The summed E-state index contributed by atoms with van der Waals surface area (Å²) in [4.78, 5) is 10.8. The molecule has 0 amide bonds. The number of nitrogens with zero attached hydrogens (tertiary/aromatic N) is 5. The molecule has 0 atom stereocenters. The first kappa shape index (κ1) is 28.4. The van der Waals surface area contributed by atoms with Gasteiger partial charge in [0.2, 0.25) is 0 Å². The number of benzene rings is 2. The van der Waals surface area contributed by atoms with Gasteiger partial charge in [0.1, 0.15) is 12.1 Å². The van der Waals surface area contributed by atoms with Gasteiger partial charge >= 0.3 is 0 Å². The summed E-state index contributed by atoms with van der Waals surface area (Å²) < 4.78 is 8.03. The summed E-state index contributed by atoms with van der Waals surface area (Å²) >= 11 is 1.85. The number of aromatic nitrogens is 1. The first-order chi connectivity index (χ1) is 18.4. The minimum Gasteiger partial charge on any atom is -0.381 e. The molecule has 204 valence electrons. The molecule has 1 aliphatic heterocycles. The van der Waals surface area contributed by atoms with Crippen molar-refractivity contribution in [2.75, 3.05) is 84.9 Å². The lowest BCUT2D eigenvalue weighted by Crippen LogP contribution is -2.45. The van der Waals surface area contributed by atoms with E-state index in [-0.39, 0.29) is 0 Å². The Hall–Kier alpha value is -2.58. The van der Waals surface area contributed by atoms with Crippen molar-refractivity contribution in [2.24, 2.45) is 0 Å². The predicted octanol–water partition coefficient (Wildman–Crippen LogP) is 5.02. The number of para-hydroxylation sites is 2. The van der Waals surface area contributed by atoms with Gasteiger partial charge in [-0.1, -0.05) is 42.1 Å². The van der Waals surface area contributed by atoms with Crippen molar-refractivity contribution in [3.63, 3.8) is 0 Å². The van der Waals surface area contributed by atoms with Crippen molar-refractivity contribution in [1.29, 1.82) is 0 Å². The number of anilines is 2. The van der Waals surface area contributed by atoms with Crippen LogP contribution in [0.25, 0.3) is 17.0 Å². The van der Waals surface area contributed by atoms with E-state index < -0.39 is 0 Å². The molecule has 1 aliphatic rings. The zero-order valence-electron chi connectivity index (χ0n) is 24.0. The molecule has 4 rings (SSSR count). The second kappa shape index (κ2) is 13.5. The normalized spacial score (nSPS) is 14.3. The van der Waals surface area contributed by atoms with Gasteiger partial charge in [0, 0.05) is 43.6 Å². The van der Waals surface area contributed by atoms with Gasteiger partial charge in [-0.25, -0.2) is 4.57 Å². The van der Waals surface area contributed by atoms with Crippen molar-refractivity contribution in [1.82, 2.24) is 9.80 Å². The first-order valence-electron chi connectivity index (χ1n) is 13.6. The highest BCUT2D eigenvalue weighted by Crippen LogP contribution is 2.45.